The van der Waals surface area contributed by atoms with Crippen molar-refractivity contribution in [3.63, 3.8) is 0 Å². The molecule has 0 saturated heterocycles. The molecule has 0 saturated carbocycles. The zero-order chi connectivity index (χ0) is 27.0. The first-order chi connectivity index (χ1) is 16.2. The number of carboxylic acid groups (broad SMARTS) is 1. The van der Waals surface area contributed by atoms with Gasteiger partial charge < -0.3 is 20.3 Å². The van der Waals surface area contributed by atoms with E-state index in [2.05, 4.69) is 64.2 Å². The Balaban J connectivity index is 0.000000658. The zero-order valence-corrected chi connectivity index (χ0v) is 23.5. The highest BCUT2D eigenvalue weighted by atomic mass is 32.1. The molecular weight excluding hydrogens is 462 g/mol. The lowest BCUT2D eigenvalue weighted by Gasteiger charge is -2.32. The van der Waals surface area contributed by atoms with E-state index in [1.807, 2.05) is 32.1 Å². The van der Waals surface area contributed by atoms with Gasteiger partial charge in [-0.15, -0.1) is 11.3 Å². The largest absolute Gasteiger partial charge is 0.491 e. The number of ether oxygens (including phenoxy) is 1. The van der Waals surface area contributed by atoms with E-state index in [1.165, 1.54) is 27.8 Å². The Hall–Kier alpha value is -2.38. The molecule has 1 amide bonds. The molecule has 196 valence electrons. The van der Waals surface area contributed by atoms with Crippen LogP contribution in [0.5, 0.6) is 5.75 Å². The van der Waals surface area contributed by atoms with Gasteiger partial charge in [0.05, 0.1) is 6.10 Å². The fourth-order valence-electron chi connectivity index (χ4n) is 3.66. The lowest BCUT2D eigenvalue weighted by Crippen LogP contribution is -2.32. The summed E-state index contributed by atoms with van der Waals surface area (Å²) in [6.07, 6.45) is 2.02. The van der Waals surface area contributed by atoms with Crippen LogP contribution in [-0.2, 0) is 15.0 Å². The number of carboxylic acids is 1. The van der Waals surface area contributed by atoms with Crippen molar-refractivity contribution in [2.75, 3.05) is 6.61 Å². The molecule has 0 bridgehead atoms. The van der Waals surface area contributed by atoms with Crippen LogP contribution >= 0.6 is 11.3 Å². The molecule has 0 aliphatic rings. The van der Waals surface area contributed by atoms with E-state index < -0.39 is 18.1 Å². The van der Waals surface area contributed by atoms with Gasteiger partial charge in [0.1, 0.15) is 18.4 Å². The Labute approximate surface area is 214 Å². The predicted octanol–water partition coefficient (Wildman–Crippen LogP) is 5.77. The van der Waals surface area contributed by atoms with E-state index in [0.29, 0.717) is 13.0 Å². The maximum Gasteiger partial charge on any atom is 0.325 e. The number of carbonyl (C=O) groups excluding carboxylic acids is 1. The summed E-state index contributed by atoms with van der Waals surface area (Å²) in [7, 11) is 0. The number of hydrogen-bond donors (Lipinski definition) is 3. The van der Waals surface area contributed by atoms with Gasteiger partial charge in [0.15, 0.2) is 0 Å². The third kappa shape index (κ3) is 8.07. The molecular formula is C28H43NO5S. The zero-order valence-electron chi connectivity index (χ0n) is 22.7. The van der Waals surface area contributed by atoms with Crippen LogP contribution in [0.15, 0.2) is 24.3 Å². The van der Waals surface area contributed by atoms with Crippen LogP contribution in [0.1, 0.15) is 80.8 Å². The van der Waals surface area contributed by atoms with E-state index in [4.69, 9.17) is 9.84 Å². The summed E-state index contributed by atoms with van der Waals surface area (Å²) in [4.78, 5) is 22.3. The van der Waals surface area contributed by atoms with E-state index in [9.17, 15) is 14.7 Å². The SMILES string of the molecule is CC(NC=O)C(=O)O.CCC(CC)(c1ccc(OCC(O)C(C)(C)C)c(C)c1)c1cc(C)c(C)s1. The van der Waals surface area contributed by atoms with Gasteiger partial charge in [-0.05, 0) is 74.8 Å². The monoisotopic (exact) mass is 505 g/mol. The Morgan fingerprint density at radius 2 is 1.71 bits per heavy atom. The third-order valence-corrected chi connectivity index (χ3v) is 8.01. The number of aliphatic carboxylic acids is 1. The number of thiophene rings is 1. The van der Waals surface area contributed by atoms with Crippen molar-refractivity contribution in [1.82, 2.24) is 5.32 Å². The van der Waals surface area contributed by atoms with Crippen molar-refractivity contribution in [3.05, 3.63) is 50.7 Å². The first-order valence-electron chi connectivity index (χ1n) is 12.1. The van der Waals surface area contributed by atoms with Gasteiger partial charge in [-0.1, -0.05) is 46.8 Å². The molecule has 35 heavy (non-hydrogen) atoms. The standard InChI is InChI=1S/C24H36O2S.C4H7NO3/c1-9-24(10-2,22-14-16(3)18(5)27-22)19-11-12-20(17(4)13-19)26-15-21(25)23(6,7)8;1-3(4(7)8)5-2-6/h11-14,21,25H,9-10,15H2,1-8H3;2-3H,1H3,(H,5,6)(H,7,8). The van der Waals surface area contributed by atoms with Crippen LogP contribution in [0.2, 0.25) is 0 Å². The van der Waals surface area contributed by atoms with Gasteiger partial charge >= 0.3 is 5.97 Å². The lowest BCUT2D eigenvalue weighted by molar-refractivity contribution is -0.140. The third-order valence-electron chi connectivity index (χ3n) is 6.66. The molecule has 0 radical (unpaired) electrons. The minimum Gasteiger partial charge on any atom is -0.491 e. The second-order valence-corrected chi connectivity index (χ2v) is 11.4. The molecule has 0 aliphatic carbocycles. The highest BCUT2D eigenvalue weighted by Gasteiger charge is 2.33. The van der Waals surface area contributed by atoms with Gasteiger partial charge in [0, 0.05) is 15.2 Å². The molecule has 2 atom stereocenters. The van der Waals surface area contributed by atoms with Gasteiger partial charge in [-0.3, -0.25) is 9.59 Å². The van der Waals surface area contributed by atoms with Crippen molar-refractivity contribution in [2.24, 2.45) is 5.41 Å². The van der Waals surface area contributed by atoms with Crippen LogP contribution < -0.4 is 10.1 Å². The second-order valence-electron chi connectivity index (χ2n) is 10.2. The van der Waals surface area contributed by atoms with Crippen molar-refractivity contribution in [1.29, 1.82) is 0 Å². The summed E-state index contributed by atoms with van der Waals surface area (Å²) in [5, 5.41) is 20.4. The molecule has 2 unspecified atom stereocenters. The maximum absolute atomic E-state index is 10.3. The smallest absolute Gasteiger partial charge is 0.325 e. The van der Waals surface area contributed by atoms with Gasteiger partial charge in [0.25, 0.3) is 0 Å². The van der Waals surface area contributed by atoms with Gasteiger partial charge in [0.2, 0.25) is 6.41 Å². The molecule has 1 heterocycles. The quantitative estimate of drug-likeness (QED) is 0.356. The summed E-state index contributed by atoms with van der Waals surface area (Å²) in [5.74, 6) is -0.168. The Morgan fingerprint density at radius 1 is 1.11 bits per heavy atom. The molecule has 6 nitrogen and oxygen atoms in total. The number of rotatable bonds is 10. The fourth-order valence-corrected chi connectivity index (χ4v) is 5.05. The molecule has 0 aliphatic heterocycles. The lowest BCUT2D eigenvalue weighted by atomic mass is 9.74. The number of aliphatic hydroxyl groups is 1. The summed E-state index contributed by atoms with van der Waals surface area (Å²) >= 11 is 1.93. The number of amides is 1. The average molecular weight is 506 g/mol. The highest BCUT2D eigenvalue weighted by Crippen LogP contribution is 2.44. The van der Waals surface area contributed by atoms with E-state index in [0.717, 1.165) is 24.2 Å². The van der Waals surface area contributed by atoms with E-state index in [1.54, 1.807) is 0 Å². The first kappa shape index (κ1) is 30.7. The summed E-state index contributed by atoms with van der Waals surface area (Å²) in [6.45, 7) is 18.9. The van der Waals surface area contributed by atoms with Gasteiger partial charge in [-0.2, -0.15) is 0 Å². The number of nitrogens with one attached hydrogen (secondary N) is 1. The molecule has 0 spiro atoms. The molecule has 1 aromatic heterocycles. The van der Waals surface area contributed by atoms with Crippen LogP contribution in [0.25, 0.3) is 0 Å². The highest BCUT2D eigenvalue weighted by molar-refractivity contribution is 7.12. The predicted molar refractivity (Wildman–Crippen MR) is 144 cm³/mol. The van der Waals surface area contributed by atoms with Crippen LogP contribution in [0.4, 0.5) is 0 Å². The summed E-state index contributed by atoms with van der Waals surface area (Å²) < 4.78 is 5.94. The Bertz CT molecular complexity index is 953. The minimum atomic E-state index is -1.03. The second kappa shape index (κ2) is 13.1. The van der Waals surface area contributed by atoms with Crippen LogP contribution in [0.3, 0.4) is 0 Å². The number of carbonyl (C=O) groups is 2. The molecule has 1 aromatic carbocycles. The topological polar surface area (TPSA) is 95.9 Å². The Kier molecular flexibility index (Phi) is 11.4. The molecule has 2 rings (SSSR count). The number of benzene rings is 1. The molecule has 0 fully saturated rings. The minimum absolute atomic E-state index is 0.0535. The Morgan fingerprint density at radius 3 is 2.09 bits per heavy atom. The molecule has 2 aromatic rings. The van der Waals surface area contributed by atoms with Crippen molar-refractivity contribution >= 4 is 23.7 Å². The summed E-state index contributed by atoms with van der Waals surface area (Å²) in [5.41, 5.74) is 3.74. The number of aryl methyl sites for hydroxylation is 3. The van der Waals surface area contributed by atoms with Crippen molar-refractivity contribution in [2.45, 2.75) is 92.7 Å². The van der Waals surface area contributed by atoms with Gasteiger partial charge in [-0.25, -0.2) is 0 Å². The molecule has 3 N–H and O–H groups in total. The number of hydrogen-bond acceptors (Lipinski definition) is 5. The fraction of sp³-hybridized carbons (Fsp3) is 0.571. The van der Waals surface area contributed by atoms with E-state index in [-0.39, 0.29) is 10.8 Å². The summed E-state index contributed by atoms with van der Waals surface area (Å²) in [6, 6.07) is 8.15. The average Bonchev–Trinajstić information content (AvgIpc) is 3.12. The first-order valence-corrected chi connectivity index (χ1v) is 13.0. The maximum atomic E-state index is 10.3. The van der Waals surface area contributed by atoms with Crippen molar-refractivity contribution < 1.29 is 24.5 Å². The van der Waals surface area contributed by atoms with Crippen molar-refractivity contribution in [3.8, 4) is 5.75 Å². The number of aliphatic hydroxyl groups excluding tert-OH is 1. The van der Waals surface area contributed by atoms with Crippen LogP contribution in [0, 0.1) is 26.2 Å². The van der Waals surface area contributed by atoms with E-state index >= 15 is 0 Å². The molecule has 7 heteroatoms. The van der Waals surface area contributed by atoms with Crippen LogP contribution in [-0.4, -0.2) is 41.3 Å². The normalized spacial score (nSPS) is 13.3.